The summed E-state index contributed by atoms with van der Waals surface area (Å²) in [4.78, 5) is 4.70. The van der Waals surface area contributed by atoms with Crippen molar-refractivity contribution < 1.29 is 4.42 Å². The SMILES string of the molecule is C=C/C(=C\C)c1ccc(N(c2ccc(-c3ccccc3)cc2)c2ccc(-c3cccc4c3oc3c(-c5ccc(N(c6ccc(-c7ccccc7)cc6)c6ccc7c(c6)C(C)(C)c6ccccc6-7)cc5)cccc34)cc2)cc1. The van der Waals surface area contributed by atoms with Crippen molar-refractivity contribution in [3.05, 3.63) is 296 Å². The largest absolute Gasteiger partial charge is 0.455 e. The van der Waals surface area contributed by atoms with E-state index in [1.807, 2.05) is 13.0 Å². The lowest BCUT2D eigenvalue weighted by Crippen LogP contribution is -2.16. The highest BCUT2D eigenvalue weighted by atomic mass is 16.3. The van der Waals surface area contributed by atoms with Gasteiger partial charge in [0.2, 0.25) is 0 Å². The Bertz CT molecular complexity index is 4150. The van der Waals surface area contributed by atoms with Crippen molar-refractivity contribution in [2.24, 2.45) is 0 Å². The van der Waals surface area contributed by atoms with E-state index in [0.717, 1.165) is 89.5 Å². The average molecular weight is 989 g/mol. The molecule has 1 heterocycles. The van der Waals surface area contributed by atoms with Crippen LogP contribution in [0, 0.1) is 0 Å². The summed E-state index contributed by atoms with van der Waals surface area (Å²) in [6.07, 6.45) is 4.00. The molecule has 0 radical (unpaired) electrons. The molecular weight excluding hydrogens is 933 g/mol. The van der Waals surface area contributed by atoms with Gasteiger partial charge in [-0.1, -0.05) is 221 Å². The van der Waals surface area contributed by atoms with Crippen LogP contribution >= 0.6 is 0 Å². The minimum atomic E-state index is -0.128. The van der Waals surface area contributed by atoms with Gasteiger partial charge in [-0.2, -0.15) is 0 Å². The minimum absolute atomic E-state index is 0.128. The molecule has 0 N–H and O–H groups in total. The molecule has 0 amide bonds. The van der Waals surface area contributed by atoms with Crippen molar-refractivity contribution >= 4 is 61.6 Å². The van der Waals surface area contributed by atoms with Gasteiger partial charge >= 0.3 is 0 Å². The van der Waals surface area contributed by atoms with E-state index in [4.69, 9.17) is 4.42 Å². The van der Waals surface area contributed by atoms with Crippen LogP contribution in [0.4, 0.5) is 34.1 Å². The smallest absolute Gasteiger partial charge is 0.143 e. The van der Waals surface area contributed by atoms with Crippen LogP contribution < -0.4 is 9.80 Å². The van der Waals surface area contributed by atoms with Gasteiger partial charge in [-0.15, -0.1) is 0 Å². The van der Waals surface area contributed by atoms with E-state index in [2.05, 4.69) is 297 Å². The second kappa shape index (κ2) is 19.5. The van der Waals surface area contributed by atoms with E-state index in [0.29, 0.717) is 0 Å². The number of para-hydroxylation sites is 2. The Morgan fingerprint density at radius 2 is 0.740 bits per heavy atom. The van der Waals surface area contributed by atoms with Gasteiger partial charge in [0, 0.05) is 61.4 Å². The molecule has 0 saturated carbocycles. The third-order valence-corrected chi connectivity index (χ3v) is 15.7. The van der Waals surface area contributed by atoms with Crippen LogP contribution in [-0.2, 0) is 5.41 Å². The molecule has 0 aliphatic heterocycles. The van der Waals surface area contributed by atoms with Crippen LogP contribution in [0.25, 0.3) is 83.1 Å². The zero-order valence-corrected chi connectivity index (χ0v) is 43.5. The molecule has 0 fully saturated rings. The summed E-state index contributed by atoms with van der Waals surface area (Å²) in [6.45, 7) is 10.8. The summed E-state index contributed by atoms with van der Waals surface area (Å²) in [6, 6.07) is 94.3. The topological polar surface area (TPSA) is 19.6 Å². The number of allylic oxidation sites excluding steroid dienone is 3. The van der Waals surface area contributed by atoms with Crippen LogP contribution in [0.5, 0.6) is 0 Å². The monoisotopic (exact) mass is 988 g/mol. The van der Waals surface area contributed by atoms with E-state index in [1.165, 1.54) is 44.5 Å². The van der Waals surface area contributed by atoms with E-state index in [1.54, 1.807) is 0 Å². The number of nitrogens with zero attached hydrogens (tertiary/aromatic N) is 2. The highest BCUT2D eigenvalue weighted by Crippen LogP contribution is 2.51. The van der Waals surface area contributed by atoms with E-state index >= 15 is 0 Å². The van der Waals surface area contributed by atoms with Gasteiger partial charge in [0.05, 0.1) is 0 Å². The molecule has 368 valence electrons. The molecule has 3 nitrogen and oxygen atoms in total. The van der Waals surface area contributed by atoms with Gasteiger partial charge in [0.25, 0.3) is 0 Å². The van der Waals surface area contributed by atoms with Crippen molar-refractivity contribution in [3.63, 3.8) is 0 Å². The Kier molecular flexibility index (Phi) is 11.9. The van der Waals surface area contributed by atoms with Gasteiger partial charge in [-0.25, -0.2) is 0 Å². The predicted molar refractivity (Wildman–Crippen MR) is 326 cm³/mol. The van der Waals surface area contributed by atoms with Gasteiger partial charge in [0.15, 0.2) is 0 Å². The van der Waals surface area contributed by atoms with Crippen molar-refractivity contribution in [2.45, 2.75) is 26.2 Å². The Morgan fingerprint density at radius 3 is 1.21 bits per heavy atom. The second-order valence-electron chi connectivity index (χ2n) is 20.5. The number of hydrogen-bond donors (Lipinski definition) is 0. The fourth-order valence-corrected chi connectivity index (χ4v) is 11.7. The molecular formula is C74H56N2O. The number of rotatable bonds is 12. The first-order valence-corrected chi connectivity index (χ1v) is 26.5. The van der Waals surface area contributed by atoms with Crippen LogP contribution in [0.3, 0.4) is 0 Å². The molecule has 0 spiro atoms. The fourth-order valence-electron chi connectivity index (χ4n) is 11.7. The molecule has 77 heavy (non-hydrogen) atoms. The van der Waals surface area contributed by atoms with Gasteiger partial charge in [-0.3, -0.25) is 0 Å². The summed E-state index contributed by atoms with van der Waals surface area (Å²) in [7, 11) is 0. The van der Waals surface area contributed by atoms with Crippen molar-refractivity contribution in [1.29, 1.82) is 0 Å². The van der Waals surface area contributed by atoms with Crippen LogP contribution in [0.1, 0.15) is 37.5 Å². The summed E-state index contributed by atoms with van der Waals surface area (Å²) in [5.41, 5.74) is 24.7. The summed E-state index contributed by atoms with van der Waals surface area (Å²) < 4.78 is 7.06. The molecule has 11 aromatic carbocycles. The molecule has 0 saturated heterocycles. The molecule has 0 unspecified atom stereocenters. The lowest BCUT2D eigenvalue weighted by molar-refractivity contribution is 0.660. The Labute approximate surface area is 451 Å². The minimum Gasteiger partial charge on any atom is -0.455 e. The standard InChI is InChI=1S/C74H56N2O/c1-5-50(6-2)53-27-37-58(38-28-53)75(59-39-29-54(30-40-59)51-17-9-7-10-18-51)60-43-33-56(34-44-60)64-22-15-24-68-69-25-16-23-65(73(69)77-72(64)68)57-35-45-62(46-36-57)76(61-41-31-55(32-42-61)52-19-11-8-12-20-52)63-47-48-67-66-21-13-14-26-70(66)74(3,4)71(67)49-63/h5-49H,1H2,2-4H3/b50-6+. The van der Waals surface area contributed by atoms with Crippen LogP contribution in [-0.4, -0.2) is 0 Å². The summed E-state index contributed by atoms with van der Waals surface area (Å²) in [5, 5.41) is 2.18. The van der Waals surface area contributed by atoms with Crippen molar-refractivity contribution in [1.82, 2.24) is 0 Å². The van der Waals surface area contributed by atoms with Crippen molar-refractivity contribution in [2.75, 3.05) is 9.80 Å². The van der Waals surface area contributed by atoms with E-state index in [9.17, 15) is 0 Å². The van der Waals surface area contributed by atoms with E-state index in [-0.39, 0.29) is 5.41 Å². The Hall–Kier alpha value is -9.70. The number of anilines is 6. The molecule has 1 aliphatic carbocycles. The molecule has 1 aliphatic rings. The predicted octanol–water partition coefficient (Wildman–Crippen LogP) is 21.1. The first kappa shape index (κ1) is 47.0. The highest BCUT2D eigenvalue weighted by molar-refractivity contribution is 6.13. The molecule has 12 aromatic rings. The summed E-state index contributed by atoms with van der Waals surface area (Å²) >= 11 is 0. The lowest BCUT2D eigenvalue weighted by atomic mass is 9.82. The second-order valence-corrected chi connectivity index (χ2v) is 20.5. The zero-order valence-electron chi connectivity index (χ0n) is 43.5. The normalized spacial score (nSPS) is 12.6. The maximum atomic E-state index is 7.06. The Morgan fingerprint density at radius 1 is 0.364 bits per heavy atom. The highest BCUT2D eigenvalue weighted by Gasteiger charge is 2.36. The van der Waals surface area contributed by atoms with Gasteiger partial charge in [-0.05, 0) is 146 Å². The van der Waals surface area contributed by atoms with Gasteiger partial charge < -0.3 is 14.2 Å². The van der Waals surface area contributed by atoms with Crippen LogP contribution in [0.2, 0.25) is 0 Å². The maximum absolute atomic E-state index is 7.06. The summed E-state index contributed by atoms with van der Waals surface area (Å²) in [5.74, 6) is 0. The van der Waals surface area contributed by atoms with Gasteiger partial charge in [0.1, 0.15) is 11.2 Å². The van der Waals surface area contributed by atoms with Crippen molar-refractivity contribution in [3.8, 4) is 55.6 Å². The number of benzene rings is 11. The average Bonchev–Trinajstić information content (AvgIpc) is 4.16. The quantitative estimate of drug-likeness (QED) is 0.114. The lowest BCUT2D eigenvalue weighted by Gasteiger charge is -2.28. The maximum Gasteiger partial charge on any atom is 0.143 e. The fraction of sp³-hybridized carbons (Fsp3) is 0.0541. The molecule has 3 heteroatoms. The third-order valence-electron chi connectivity index (χ3n) is 15.7. The third kappa shape index (κ3) is 8.43. The first-order valence-electron chi connectivity index (χ1n) is 26.5. The van der Waals surface area contributed by atoms with Crippen LogP contribution in [0.15, 0.2) is 284 Å². The zero-order chi connectivity index (χ0) is 52.0. The number of fused-ring (bicyclic) bond motifs is 6. The Balaban J connectivity index is 0.847. The molecule has 1 aromatic heterocycles. The number of furan rings is 1. The van der Waals surface area contributed by atoms with E-state index < -0.39 is 0 Å². The molecule has 13 rings (SSSR count). The molecule has 0 bridgehead atoms. The first-order chi connectivity index (χ1) is 37.8. The molecule has 0 atom stereocenters. The number of hydrogen-bond acceptors (Lipinski definition) is 3.